The zero-order valence-corrected chi connectivity index (χ0v) is 14.1. The van der Waals surface area contributed by atoms with E-state index in [2.05, 4.69) is 5.32 Å². The van der Waals surface area contributed by atoms with Gasteiger partial charge in [0.05, 0.1) is 5.69 Å². The highest BCUT2D eigenvalue weighted by molar-refractivity contribution is 6.40. The van der Waals surface area contributed by atoms with Crippen LogP contribution in [0.4, 0.5) is 5.69 Å². The van der Waals surface area contributed by atoms with Gasteiger partial charge in [-0.1, -0.05) is 12.1 Å². The van der Waals surface area contributed by atoms with Crippen LogP contribution in [-0.2, 0) is 9.59 Å². The number of phenols is 1. The van der Waals surface area contributed by atoms with Gasteiger partial charge in [0.1, 0.15) is 5.75 Å². The largest absolute Gasteiger partial charge is 0.506 e. The highest BCUT2D eigenvalue weighted by Crippen LogP contribution is 2.38. The number of nitrogens with one attached hydrogen (secondary N) is 1. The molecule has 0 spiro atoms. The number of phenolic OH excluding ortho intramolecular Hbond substituents is 1. The Balaban J connectivity index is 2.24. The van der Waals surface area contributed by atoms with E-state index in [-0.39, 0.29) is 17.5 Å². The van der Waals surface area contributed by atoms with E-state index < -0.39 is 22.9 Å². The van der Waals surface area contributed by atoms with Gasteiger partial charge < -0.3 is 21.1 Å². The van der Waals surface area contributed by atoms with Crippen molar-refractivity contribution in [2.24, 2.45) is 5.73 Å². The topological polar surface area (TPSA) is 95.7 Å². The molecule has 0 unspecified atom stereocenters. The van der Waals surface area contributed by atoms with Crippen LogP contribution in [0.1, 0.15) is 40.5 Å². The summed E-state index contributed by atoms with van der Waals surface area (Å²) in [7, 11) is 0. The Kier molecular flexibility index (Phi) is 4.39. The quantitative estimate of drug-likeness (QED) is 0.543. The summed E-state index contributed by atoms with van der Waals surface area (Å²) in [6.45, 7) is 7.66. The van der Waals surface area contributed by atoms with Crippen molar-refractivity contribution in [1.29, 1.82) is 0 Å². The second-order valence-electron chi connectivity index (χ2n) is 7.41. The van der Waals surface area contributed by atoms with Crippen molar-refractivity contribution in [1.82, 2.24) is 4.90 Å². The van der Waals surface area contributed by atoms with Crippen molar-refractivity contribution in [3.8, 4) is 5.75 Å². The van der Waals surface area contributed by atoms with Gasteiger partial charge in [-0.3, -0.25) is 9.59 Å². The number of aromatic hydroxyl groups is 1. The van der Waals surface area contributed by atoms with Crippen molar-refractivity contribution in [2.75, 3.05) is 5.32 Å². The molecule has 2 rings (SSSR count). The SMILES string of the molecule is CC1(C)CC(N)CC(C)(C)N1C(=O)C(=O)Nc1ccccc1O. The standard InChI is InChI=1S/C17H25N3O3/c1-16(2)9-11(18)10-17(3,4)20(16)15(23)14(22)19-12-7-5-6-8-13(12)21/h5-8,11,21H,9-10,18H2,1-4H3,(H,19,22). The van der Waals surface area contributed by atoms with Gasteiger partial charge in [-0.2, -0.15) is 0 Å². The fourth-order valence-electron chi connectivity index (χ4n) is 3.76. The number of rotatable bonds is 1. The van der Waals surface area contributed by atoms with Gasteiger partial charge >= 0.3 is 11.8 Å². The van der Waals surface area contributed by atoms with E-state index in [4.69, 9.17) is 5.73 Å². The van der Waals surface area contributed by atoms with Crippen LogP contribution < -0.4 is 11.1 Å². The number of hydrogen-bond acceptors (Lipinski definition) is 4. The van der Waals surface area contributed by atoms with E-state index in [1.54, 1.807) is 23.1 Å². The van der Waals surface area contributed by atoms with E-state index >= 15 is 0 Å². The molecule has 1 aromatic carbocycles. The molecular weight excluding hydrogens is 294 g/mol. The van der Waals surface area contributed by atoms with Gasteiger partial charge in [-0.15, -0.1) is 0 Å². The number of hydrogen-bond donors (Lipinski definition) is 3. The number of benzene rings is 1. The maximum absolute atomic E-state index is 12.7. The number of piperidine rings is 1. The van der Waals surface area contributed by atoms with Crippen LogP contribution in [0.5, 0.6) is 5.75 Å². The number of nitrogens with two attached hydrogens (primary N) is 1. The molecule has 0 atom stereocenters. The first-order valence-electron chi connectivity index (χ1n) is 7.74. The van der Waals surface area contributed by atoms with Crippen molar-refractivity contribution >= 4 is 17.5 Å². The Morgan fingerprint density at radius 3 is 2.22 bits per heavy atom. The minimum absolute atomic E-state index is 0.00900. The van der Waals surface area contributed by atoms with Crippen molar-refractivity contribution < 1.29 is 14.7 Å². The van der Waals surface area contributed by atoms with Crippen molar-refractivity contribution in [3.63, 3.8) is 0 Å². The van der Waals surface area contributed by atoms with Crippen molar-refractivity contribution in [3.05, 3.63) is 24.3 Å². The zero-order chi connectivity index (χ0) is 17.4. The maximum Gasteiger partial charge on any atom is 0.314 e. The molecule has 6 nitrogen and oxygen atoms in total. The summed E-state index contributed by atoms with van der Waals surface area (Å²) in [4.78, 5) is 26.7. The molecule has 1 aliphatic heterocycles. The number of carbonyl (C=O) groups excluding carboxylic acids is 2. The fraction of sp³-hybridized carbons (Fsp3) is 0.529. The molecule has 6 heteroatoms. The fourth-order valence-corrected chi connectivity index (χ4v) is 3.76. The predicted octanol–water partition coefficient (Wildman–Crippen LogP) is 1.84. The minimum Gasteiger partial charge on any atom is -0.506 e. The first-order valence-corrected chi connectivity index (χ1v) is 7.74. The van der Waals surface area contributed by atoms with Gasteiger partial charge in [0.15, 0.2) is 0 Å². The minimum atomic E-state index is -0.761. The Morgan fingerprint density at radius 1 is 1.17 bits per heavy atom. The van der Waals surface area contributed by atoms with Crippen LogP contribution >= 0.6 is 0 Å². The molecule has 1 aromatic rings. The molecule has 2 amide bonds. The Morgan fingerprint density at radius 2 is 1.70 bits per heavy atom. The summed E-state index contributed by atoms with van der Waals surface area (Å²) in [5, 5.41) is 12.2. The molecule has 1 heterocycles. The van der Waals surface area contributed by atoms with E-state index in [0.29, 0.717) is 12.8 Å². The lowest BCUT2D eigenvalue weighted by Crippen LogP contribution is -2.66. The molecule has 0 aromatic heterocycles. The van der Waals surface area contributed by atoms with Crippen LogP contribution in [0.2, 0.25) is 0 Å². The predicted molar refractivity (Wildman–Crippen MR) is 88.9 cm³/mol. The number of likely N-dealkylation sites (tertiary alicyclic amines) is 1. The monoisotopic (exact) mass is 319 g/mol. The molecule has 126 valence electrons. The molecule has 0 aliphatic carbocycles. The lowest BCUT2D eigenvalue weighted by molar-refractivity contribution is -0.156. The third-order valence-electron chi connectivity index (χ3n) is 4.28. The number of carbonyl (C=O) groups is 2. The number of amides is 2. The summed E-state index contributed by atoms with van der Waals surface area (Å²) in [5.41, 5.74) is 5.28. The molecule has 0 saturated carbocycles. The number of nitrogens with zero attached hydrogens (tertiary/aromatic N) is 1. The van der Waals surface area contributed by atoms with E-state index in [0.717, 1.165) is 0 Å². The van der Waals surface area contributed by atoms with Crippen LogP contribution in [-0.4, -0.2) is 38.9 Å². The average Bonchev–Trinajstić information content (AvgIpc) is 2.37. The van der Waals surface area contributed by atoms with Gasteiger partial charge in [0.2, 0.25) is 0 Å². The van der Waals surface area contributed by atoms with Crippen LogP contribution in [0.15, 0.2) is 24.3 Å². The summed E-state index contributed by atoms with van der Waals surface area (Å²) in [6.07, 6.45) is 1.26. The van der Waals surface area contributed by atoms with Crippen LogP contribution in [0, 0.1) is 0 Å². The third kappa shape index (κ3) is 3.47. The van der Waals surface area contributed by atoms with Gasteiger partial charge in [0.25, 0.3) is 0 Å². The molecule has 1 fully saturated rings. The molecule has 23 heavy (non-hydrogen) atoms. The average molecular weight is 319 g/mol. The summed E-state index contributed by atoms with van der Waals surface area (Å²) in [5.74, 6) is -1.45. The first kappa shape index (κ1) is 17.3. The van der Waals surface area contributed by atoms with Crippen LogP contribution in [0.25, 0.3) is 0 Å². The molecular formula is C17H25N3O3. The van der Waals surface area contributed by atoms with E-state index in [9.17, 15) is 14.7 Å². The lowest BCUT2D eigenvalue weighted by atomic mass is 9.77. The van der Waals surface area contributed by atoms with E-state index in [1.165, 1.54) is 6.07 Å². The van der Waals surface area contributed by atoms with Crippen molar-refractivity contribution in [2.45, 2.75) is 57.7 Å². The Bertz CT molecular complexity index is 607. The maximum atomic E-state index is 12.7. The molecule has 4 N–H and O–H groups in total. The van der Waals surface area contributed by atoms with Gasteiger partial charge in [0, 0.05) is 17.1 Å². The highest BCUT2D eigenvalue weighted by atomic mass is 16.3. The summed E-state index contributed by atoms with van der Waals surface area (Å²) in [6, 6.07) is 6.31. The lowest BCUT2D eigenvalue weighted by Gasteiger charge is -2.54. The first-order chi connectivity index (χ1) is 10.5. The normalized spacial score (nSPS) is 20.1. The molecule has 1 saturated heterocycles. The van der Waals surface area contributed by atoms with Gasteiger partial charge in [-0.05, 0) is 52.7 Å². The molecule has 0 radical (unpaired) electrons. The van der Waals surface area contributed by atoms with E-state index in [1.807, 2.05) is 27.7 Å². The molecule has 1 aliphatic rings. The van der Waals surface area contributed by atoms with Gasteiger partial charge in [-0.25, -0.2) is 0 Å². The summed E-state index contributed by atoms with van der Waals surface area (Å²) < 4.78 is 0. The second-order valence-corrected chi connectivity index (χ2v) is 7.41. The Labute approximate surface area is 136 Å². The third-order valence-corrected chi connectivity index (χ3v) is 4.28. The summed E-state index contributed by atoms with van der Waals surface area (Å²) >= 11 is 0. The van der Waals surface area contributed by atoms with Crippen LogP contribution in [0.3, 0.4) is 0 Å². The number of para-hydroxylation sites is 2. The Hall–Kier alpha value is -2.08. The molecule has 0 bridgehead atoms. The zero-order valence-electron chi connectivity index (χ0n) is 14.1. The smallest absolute Gasteiger partial charge is 0.314 e. The second kappa shape index (κ2) is 5.85. The highest BCUT2D eigenvalue weighted by Gasteiger charge is 2.48. The number of anilines is 1.